The first-order valence-electron chi connectivity index (χ1n) is 19.0. The van der Waals surface area contributed by atoms with Crippen molar-refractivity contribution >= 4 is 34.0 Å². The Morgan fingerprint density at radius 3 is 1.73 bits per heavy atom. The third-order valence-corrected chi connectivity index (χ3v) is 12.4. The molecule has 5 heteroatoms. The Morgan fingerprint density at radius 2 is 1.04 bits per heavy atom. The molecule has 0 aliphatic carbocycles. The molecule has 0 saturated heterocycles. The van der Waals surface area contributed by atoms with E-state index in [0.717, 1.165) is 50.4 Å². The molecule has 0 bridgehead atoms. The van der Waals surface area contributed by atoms with Crippen LogP contribution in [0.2, 0.25) is 0 Å². The second-order valence-electron chi connectivity index (χ2n) is 14.3. The first kappa shape index (κ1) is 32.6. The van der Waals surface area contributed by atoms with Crippen LogP contribution in [0.25, 0.3) is 67.2 Å². The van der Waals surface area contributed by atoms with Crippen LogP contribution in [0, 0.1) is 0 Å². The normalized spacial score (nSPS) is 15.4. The van der Waals surface area contributed by atoms with Gasteiger partial charge in [-0.1, -0.05) is 164 Å². The molecule has 11 rings (SSSR count). The first-order valence-corrected chi connectivity index (χ1v) is 19.9. The molecule has 9 aromatic rings. The standard InChI is InChI=1S/C51H34N4S/c1-5-16-34(17-6-1)42-32-43(54-51(53-42)37-20-9-3-10-21-37)35-30-28-33(29-31-35)39-25-15-26-41-45(39)50-46(47(52-41)36-18-7-2-8-19-36)48-49(56-50)40-24-13-14-27-44(40)55(48)38-22-11-4-12-23-38/h1-32,48-49H. The van der Waals surface area contributed by atoms with Gasteiger partial charge < -0.3 is 4.90 Å². The first-order chi connectivity index (χ1) is 27.8. The number of nitrogens with zero attached hydrogens (tertiary/aromatic N) is 4. The van der Waals surface area contributed by atoms with Gasteiger partial charge in [0, 0.05) is 49.5 Å². The Morgan fingerprint density at radius 1 is 0.464 bits per heavy atom. The maximum Gasteiger partial charge on any atom is 0.160 e. The summed E-state index contributed by atoms with van der Waals surface area (Å²) in [5.41, 5.74) is 15.5. The second kappa shape index (κ2) is 13.5. The Kier molecular flexibility index (Phi) is 7.85. The molecule has 0 fully saturated rings. The van der Waals surface area contributed by atoms with Crippen LogP contribution < -0.4 is 4.90 Å². The highest BCUT2D eigenvalue weighted by Gasteiger charge is 2.48. The fourth-order valence-electron chi connectivity index (χ4n) is 8.46. The SMILES string of the molecule is c1ccc(-c2cc(-c3ccc(-c4cccc5nc(-c6ccccc6)c6c(c45)SC4c5ccccc5N(c5ccccc5)C64)cc3)nc(-c3ccccc3)n2)cc1. The summed E-state index contributed by atoms with van der Waals surface area (Å²) in [4.78, 5) is 19.5. The van der Waals surface area contributed by atoms with Crippen LogP contribution in [0.1, 0.15) is 22.4 Å². The van der Waals surface area contributed by atoms with E-state index in [1.54, 1.807) is 0 Å². The Balaban J connectivity index is 1.07. The van der Waals surface area contributed by atoms with Gasteiger partial charge in [0.05, 0.1) is 33.9 Å². The van der Waals surface area contributed by atoms with Crippen LogP contribution in [-0.2, 0) is 0 Å². The Labute approximate surface area is 330 Å². The molecule has 2 aliphatic rings. The molecular formula is C51H34N4S. The van der Waals surface area contributed by atoms with Crippen molar-refractivity contribution in [3.63, 3.8) is 0 Å². The van der Waals surface area contributed by atoms with E-state index in [2.05, 4.69) is 175 Å². The number of anilines is 2. The van der Waals surface area contributed by atoms with Gasteiger partial charge in [-0.05, 0) is 47.0 Å². The Bertz CT molecular complexity index is 2820. The van der Waals surface area contributed by atoms with E-state index in [-0.39, 0.29) is 11.3 Å². The van der Waals surface area contributed by atoms with Crippen molar-refractivity contribution in [3.8, 4) is 56.3 Å². The molecule has 2 unspecified atom stereocenters. The third-order valence-electron chi connectivity index (χ3n) is 11.0. The van der Waals surface area contributed by atoms with Gasteiger partial charge in [-0.3, -0.25) is 0 Å². The van der Waals surface area contributed by atoms with E-state index >= 15 is 0 Å². The maximum atomic E-state index is 5.54. The van der Waals surface area contributed by atoms with Crippen molar-refractivity contribution in [2.75, 3.05) is 4.90 Å². The van der Waals surface area contributed by atoms with Crippen molar-refractivity contribution in [3.05, 3.63) is 205 Å². The summed E-state index contributed by atoms with van der Waals surface area (Å²) in [6.07, 6.45) is 0. The molecule has 264 valence electrons. The lowest BCUT2D eigenvalue weighted by atomic mass is 9.92. The van der Waals surface area contributed by atoms with Gasteiger partial charge in [0.15, 0.2) is 5.82 Å². The zero-order chi connectivity index (χ0) is 37.0. The predicted octanol–water partition coefficient (Wildman–Crippen LogP) is 13.4. The lowest BCUT2D eigenvalue weighted by Gasteiger charge is -2.29. The summed E-state index contributed by atoms with van der Waals surface area (Å²) < 4.78 is 0. The number of thioether (sulfide) groups is 1. The van der Waals surface area contributed by atoms with Crippen LogP contribution in [0.4, 0.5) is 11.4 Å². The van der Waals surface area contributed by atoms with E-state index in [1.807, 2.05) is 36.0 Å². The van der Waals surface area contributed by atoms with Crippen molar-refractivity contribution in [2.45, 2.75) is 16.2 Å². The zero-order valence-electron chi connectivity index (χ0n) is 30.3. The number of fused-ring (bicyclic) bond motifs is 7. The number of aromatic nitrogens is 3. The average Bonchev–Trinajstić information content (AvgIpc) is 3.82. The van der Waals surface area contributed by atoms with Crippen molar-refractivity contribution in [2.24, 2.45) is 0 Å². The van der Waals surface area contributed by atoms with Crippen LogP contribution >= 0.6 is 11.8 Å². The minimum atomic E-state index is 0.0905. The molecule has 7 aromatic carbocycles. The van der Waals surface area contributed by atoms with Gasteiger partial charge in [-0.25, -0.2) is 15.0 Å². The largest absolute Gasteiger partial charge is 0.332 e. The third kappa shape index (κ3) is 5.43. The molecular weight excluding hydrogens is 701 g/mol. The molecule has 4 heterocycles. The quantitative estimate of drug-likeness (QED) is 0.170. The van der Waals surface area contributed by atoms with E-state index < -0.39 is 0 Å². The molecule has 2 atom stereocenters. The molecule has 0 spiro atoms. The van der Waals surface area contributed by atoms with Crippen LogP contribution in [0.5, 0.6) is 0 Å². The molecule has 0 amide bonds. The van der Waals surface area contributed by atoms with Crippen LogP contribution in [-0.4, -0.2) is 15.0 Å². The molecule has 56 heavy (non-hydrogen) atoms. The zero-order valence-corrected chi connectivity index (χ0v) is 31.1. The van der Waals surface area contributed by atoms with Gasteiger partial charge in [0.25, 0.3) is 0 Å². The molecule has 4 nitrogen and oxygen atoms in total. The highest BCUT2D eigenvalue weighted by molar-refractivity contribution is 8.00. The van der Waals surface area contributed by atoms with E-state index in [1.165, 1.54) is 38.3 Å². The summed E-state index contributed by atoms with van der Waals surface area (Å²) in [5, 5.41) is 1.43. The fraction of sp³-hybridized carbons (Fsp3) is 0.0392. The van der Waals surface area contributed by atoms with Crippen molar-refractivity contribution in [1.82, 2.24) is 15.0 Å². The molecule has 2 aromatic heterocycles. The molecule has 0 radical (unpaired) electrons. The van der Waals surface area contributed by atoms with Crippen molar-refractivity contribution in [1.29, 1.82) is 0 Å². The lowest BCUT2D eigenvalue weighted by molar-refractivity contribution is 0.737. The number of para-hydroxylation sites is 2. The predicted molar refractivity (Wildman–Crippen MR) is 231 cm³/mol. The minimum Gasteiger partial charge on any atom is -0.332 e. The van der Waals surface area contributed by atoms with Gasteiger partial charge in [0.2, 0.25) is 0 Å². The summed E-state index contributed by atoms with van der Waals surface area (Å²) in [6.45, 7) is 0. The number of pyridine rings is 1. The molecule has 0 N–H and O–H groups in total. The smallest absolute Gasteiger partial charge is 0.160 e. The van der Waals surface area contributed by atoms with E-state index in [9.17, 15) is 0 Å². The molecule has 0 saturated carbocycles. The van der Waals surface area contributed by atoms with Gasteiger partial charge >= 0.3 is 0 Å². The highest BCUT2D eigenvalue weighted by Crippen LogP contribution is 2.67. The van der Waals surface area contributed by atoms with Crippen LogP contribution in [0.15, 0.2) is 199 Å². The maximum absolute atomic E-state index is 5.54. The van der Waals surface area contributed by atoms with E-state index in [0.29, 0.717) is 5.82 Å². The van der Waals surface area contributed by atoms with Crippen molar-refractivity contribution < 1.29 is 0 Å². The fourth-order valence-corrected chi connectivity index (χ4v) is 10.1. The Hall–Kier alpha value is -6.82. The number of rotatable bonds is 6. The number of hydrogen-bond acceptors (Lipinski definition) is 5. The van der Waals surface area contributed by atoms with Gasteiger partial charge in [-0.2, -0.15) is 0 Å². The van der Waals surface area contributed by atoms with E-state index in [4.69, 9.17) is 15.0 Å². The second-order valence-corrected chi connectivity index (χ2v) is 15.4. The highest BCUT2D eigenvalue weighted by atomic mass is 32.2. The summed E-state index contributed by atoms with van der Waals surface area (Å²) in [6, 6.07) is 68.7. The monoisotopic (exact) mass is 734 g/mol. The average molecular weight is 735 g/mol. The topological polar surface area (TPSA) is 41.9 Å². The van der Waals surface area contributed by atoms with Gasteiger partial charge in [-0.15, -0.1) is 11.8 Å². The summed E-state index contributed by atoms with van der Waals surface area (Å²) >= 11 is 2.00. The number of benzene rings is 7. The van der Waals surface area contributed by atoms with Gasteiger partial charge in [0.1, 0.15) is 0 Å². The summed E-state index contributed by atoms with van der Waals surface area (Å²) in [5.74, 6) is 0.713. The number of hydrogen-bond donors (Lipinski definition) is 0. The van der Waals surface area contributed by atoms with Crippen LogP contribution in [0.3, 0.4) is 0 Å². The minimum absolute atomic E-state index is 0.0905. The summed E-state index contributed by atoms with van der Waals surface area (Å²) in [7, 11) is 0. The molecule has 2 aliphatic heterocycles. The lowest BCUT2D eigenvalue weighted by Crippen LogP contribution is -2.20.